The van der Waals surface area contributed by atoms with Gasteiger partial charge in [-0.3, -0.25) is 4.90 Å². The topological polar surface area (TPSA) is 16.2 Å². The Bertz CT molecular complexity index is 532. The highest BCUT2D eigenvalue weighted by molar-refractivity contribution is 4.81. The van der Waals surface area contributed by atoms with E-state index in [1.165, 1.54) is 143 Å². The van der Waals surface area contributed by atoms with Gasteiger partial charge < -0.3 is 19.6 Å². The maximum Gasteiger partial charge on any atom is 0.0110 e. The van der Waals surface area contributed by atoms with Gasteiger partial charge in [0.2, 0.25) is 0 Å². The van der Waals surface area contributed by atoms with Crippen LogP contribution in [-0.4, -0.2) is 123 Å². The Morgan fingerprint density at radius 1 is 0.515 bits per heavy atom. The summed E-state index contributed by atoms with van der Waals surface area (Å²) in [6.45, 7) is 26.9. The van der Waals surface area contributed by atoms with Crippen molar-refractivity contribution < 1.29 is 0 Å². The minimum Gasteiger partial charge on any atom is -0.302 e. The number of piperazine rings is 1. The highest BCUT2D eigenvalue weighted by Gasteiger charge is 2.26. The average Bonchev–Trinajstić information content (AvgIpc) is 2.83. The first-order valence-corrected chi connectivity index (χ1v) is 14.6. The monoisotopic (exact) mass is 461 g/mol. The predicted octanol–water partition coefficient (Wildman–Crippen LogP) is 3.56. The van der Waals surface area contributed by atoms with Gasteiger partial charge in [0.1, 0.15) is 0 Å². The average molecular weight is 462 g/mol. The molecule has 0 aromatic heterocycles. The number of hydrogen-bond acceptors (Lipinski definition) is 5. The number of piperidine rings is 3. The molecule has 4 aliphatic heterocycles. The third kappa shape index (κ3) is 8.75. The third-order valence-electron chi connectivity index (χ3n) is 9.58. The molecule has 4 heterocycles. The number of rotatable bonds is 9. The SMILES string of the molecule is CC1CCN(CCN2CCN(CCC3CCN(CCN4CCC(C)(C)CC4)CC3)CC2)CC1. The van der Waals surface area contributed by atoms with Crippen LogP contribution in [-0.2, 0) is 0 Å². The van der Waals surface area contributed by atoms with Crippen LogP contribution >= 0.6 is 0 Å². The molecule has 5 nitrogen and oxygen atoms in total. The second kappa shape index (κ2) is 12.7. The van der Waals surface area contributed by atoms with E-state index in [2.05, 4.69) is 45.3 Å². The van der Waals surface area contributed by atoms with Crippen LogP contribution in [0.15, 0.2) is 0 Å². The summed E-state index contributed by atoms with van der Waals surface area (Å²) in [5.74, 6) is 1.92. The number of nitrogens with zero attached hydrogens (tertiary/aromatic N) is 5. The molecule has 33 heavy (non-hydrogen) atoms. The molecule has 0 N–H and O–H groups in total. The van der Waals surface area contributed by atoms with Crippen LogP contribution in [0.3, 0.4) is 0 Å². The second-order valence-corrected chi connectivity index (χ2v) is 12.8. The Morgan fingerprint density at radius 2 is 0.909 bits per heavy atom. The summed E-state index contributed by atoms with van der Waals surface area (Å²) in [5, 5.41) is 0. The molecule has 0 bridgehead atoms. The van der Waals surface area contributed by atoms with Crippen molar-refractivity contribution in [1.82, 2.24) is 24.5 Å². The van der Waals surface area contributed by atoms with Crippen LogP contribution in [0.25, 0.3) is 0 Å². The van der Waals surface area contributed by atoms with E-state index in [0.29, 0.717) is 5.41 Å². The first kappa shape index (κ1) is 25.9. The molecule has 0 aliphatic carbocycles. The highest BCUT2D eigenvalue weighted by atomic mass is 15.3. The maximum atomic E-state index is 2.75. The van der Waals surface area contributed by atoms with Gasteiger partial charge in [-0.15, -0.1) is 0 Å². The molecular weight excluding hydrogens is 406 g/mol. The summed E-state index contributed by atoms with van der Waals surface area (Å²) in [7, 11) is 0. The largest absolute Gasteiger partial charge is 0.302 e. The number of likely N-dealkylation sites (tertiary alicyclic amines) is 3. The molecule has 0 atom stereocenters. The zero-order chi connectivity index (χ0) is 23.1. The molecular formula is C28H55N5. The van der Waals surface area contributed by atoms with Gasteiger partial charge in [0.15, 0.2) is 0 Å². The molecule has 0 aromatic rings. The summed E-state index contributed by atoms with van der Waals surface area (Å²) in [5.41, 5.74) is 0.577. The Kier molecular flexibility index (Phi) is 9.93. The molecule has 0 saturated carbocycles. The van der Waals surface area contributed by atoms with Gasteiger partial charge in [-0.25, -0.2) is 0 Å². The smallest absolute Gasteiger partial charge is 0.0110 e. The number of hydrogen-bond donors (Lipinski definition) is 0. The molecule has 4 fully saturated rings. The fraction of sp³-hybridized carbons (Fsp3) is 1.00. The van der Waals surface area contributed by atoms with Gasteiger partial charge in [0, 0.05) is 52.4 Å². The van der Waals surface area contributed by atoms with E-state index in [0.717, 1.165) is 11.8 Å². The van der Waals surface area contributed by atoms with Crippen molar-refractivity contribution in [2.24, 2.45) is 17.3 Å². The molecule has 5 heteroatoms. The van der Waals surface area contributed by atoms with Crippen LogP contribution in [0.4, 0.5) is 0 Å². The van der Waals surface area contributed by atoms with Gasteiger partial charge in [-0.1, -0.05) is 20.8 Å². The van der Waals surface area contributed by atoms with E-state index in [4.69, 9.17) is 0 Å². The molecule has 0 unspecified atom stereocenters. The zero-order valence-corrected chi connectivity index (χ0v) is 22.4. The van der Waals surface area contributed by atoms with E-state index < -0.39 is 0 Å². The third-order valence-corrected chi connectivity index (χ3v) is 9.58. The standard InChI is InChI=1S/C28H55N5/c1-26-4-11-29(12-5-26)19-23-33-24-20-31(21-25-33)15-8-27-6-13-30(14-7-27)18-22-32-16-9-28(2,3)10-17-32/h26-27H,4-25H2,1-3H3. The molecule has 0 aromatic carbocycles. The highest BCUT2D eigenvalue weighted by Crippen LogP contribution is 2.29. The van der Waals surface area contributed by atoms with Crippen molar-refractivity contribution in [3.63, 3.8) is 0 Å². The molecule has 192 valence electrons. The summed E-state index contributed by atoms with van der Waals surface area (Å²) in [6, 6.07) is 0. The van der Waals surface area contributed by atoms with Gasteiger partial charge >= 0.3 is 0 Å². The second-order valence-electron chi connectivity index (χ2n) is 12.8. The van der Waals surface area contributed by atoms with Crippen molar-refractivity contribution in [2.45, 2.75) is 65.7 Å². The molecule has 4 rings (SSSR count). The van der Waals surface area contributed by atoms with Gasteiger partial charge in [-0.2, -0.15) is 0 Å². The zero-order valence-electron chi connectivity index (χ0n) is 22.4. The van der Waals surface area contributed by atoms with E-state index in [1.54, 1.807) is 0 Å². The van der Waals surface area contributed by atoms with E-state index in [1.807, 2.05) is 0 Å². The van der Waals surface area contributed by atoms with Crippen LogP contribution < -0.4 is 0 Å². The van der Waals surface area contributed by atoms with Crippen LogP contribution in [0.1, 0.15) is 65.7 Å². The summed E-state index contributed by atoms with van der Waals surface area (Å²) < 4.78 is 0. The van der Waals surface area contributed by atoms with E-state index in [-0.39, 0.29) is 0 Å². The maximum absolute atomic E-state index is 2.75. The molecule has 0 spiro atoms. The lowest BCUT2D eigenvalue weighted by atomic mass is 9.83. The summed E-state index contributed by atoms with van der Waals surface area (Å²) in [4.78, 5) is 13.6. The van der Waals surface area contributed by atoms with Crippen molar-refractivity contribution in [3.8, 4) is 0 Å². The van der Waals surface area contributed by atoms with Crippen molar-refractivity contribution in [1.29, 1.82) is 0 Å². The van der Waals surface area contributed by atoms with E-state index >= 15 is 0 Å². The predicted molar refractivity (Wildman–Crippen MR) is 141 cm³/mol. The Hall–Kier alpha value is -0.200. The van der Waals surface area contributed by atoms with Crippen molar-refractivity contribution in [3.05, 3.63) is 0 Å². The lowest BCUT2D eigenvalue weighted by molar-refractivity contribution is 0.0932. The van der Waals surface area contributed by atoms with Crippen LogP contribution in [0.5, 0.6) is 0 Å². The summed E-state index contributed by atoms with van der Waals surface area (Å²) in [6.07, 6.45) is 9.86. The minimum absolute atomic E-state index is 0.577. The first-order valence-electron chi connectivity index (χ1n) is 14.6. The fourth-order valence-corrected chi connectivity index (χ4v) is 6.33. The van der Waals surface area contributed by atoms with Crippen LogP contribution in [0, 0.1) is 17.3 Å². The van der Waals surface area contributed by atoms with E-state index in [9.17, 15) is 0 Å². The lowest BCUT2D eigenvalue weighted by Crippen LogP contribution is -2.49. The normalized spacial score (nSPS) is 28.5. The molecule has 4 saturated heterocycles. The molecule has 0 amide bonds. The minimum atomic E-state index is 0.577. The Balaban J connectivity index is 1.01. The van der Waals surface area contributed by atoms with Gasteiger partial charge in [0.05, 0.1) is 0 Å². The molecule has 4 aliphatic rings. The summed E-state index contributed by atoms with van der Waals surface area (Å²) >= 11 is 0. The fourth-order valence-electron chi connectivity index (χ4n) is 6.33. The van der Waals surface area contributed by atoms with Gasteiger partial charge in [0.25, 0.3) is 0 Å². The Morgan fingerprint density at radius 3 is 1.42 bits per heavy atom. The lowest BCUT2D eigenvalue weighted by Gasteiger charge is -2.39. The Labute approximate surface area is 205 Å². The first-order chi connectivity index (χ1) is 15.9. The van der Waals surface area contributed by atoms with Crippen molar-refractivity contribution >= 4 is 0 Å². The van der Waals surface area contributed by atoms with Gasteiger partial charge in [-0.05, 0) is 108 Å². The van der Waals surface area contributed by atoms with Crippen molar-refractivity contribution in [2.75, 3.05) is 98.2 Å². The molecule has 0 radical (unpaired) electrons. The van der Waals surface area contributed by atoms with Crippen LogP contribution in [0.2, 0.25) is 0 Å². The quantitative estimate of drug-likeness (QED) is 0.520.